The van der Waals surface area contributed by atoms with Crippen molar-refractivity contribution in [1.82, 2.24) is 10.4 Å². The van der Waals surface area contributed by atoms with Crippen LogP contribution in [0.2, 0.25) is 10.0 Å². The molecule has 0 saturated carbocycles. The fraction of sp³-hybridized carbons (Fsp3) is 0.0800. The number of rotatable bonds is 8. The number of anilines is 1. The van der Waals surface area contributed by atoms with Crippen LogP contribution in [0.1, 0.15) is 5.56 Å². The first-order chi connectivity index (χ1) is 17.4. The minimum atomic E-state index is -0.659. The lowest BCUT2D eigenvalue weighted by Gasteiger charge is -2.16. The molecule has 1 aliphatic rings. The predicted molar refractivity (Wildman–Crippen MR) is 148 cm³/mol. The first-order valence-corrected chi connectivity index (χ1v) is 12.6. The Morgan fingerprint density at radius 2 is 1.69 bits per heavy atom. The zero-order chi connectivity index (χ0) is 25.5. The zero-order valence-corrected chi connectivity index (χ0v) is 21.7. The van der Waals surface area contributed by atoms with Crippen LogP contribution >= 0.6 is 47.2 Å². The van der Waals surface area contributed by atoms with Crippen LogP contribution in [0, 0.1) is 0 Å². The van der Waals surface area contributed by atoms with E-state index in [9.17, 15) is 9.59 Å². The van der Waals surface area contributed by atoms with Gasteiger partial charge in [-0.25, -0.2) is 10.2 Å². The Morgan fingerprint density at radius 1 is 0.972 bits per heavy atom. The van der Waals surface area contributed by atoms with Gasteiger partial charge in [0, 0.05) is 11.3 Å². The number of thiocarbonyl (C=S) groups is 1. The monoisotopic (exact) mass is 559 g/mol. The number of nitrogens with zero attached hydrogens (tertiary/aromatic N) is 1. The van der Waals surface area contributed by atoms with Crippen molar-refractivity contribution >= 4 is 75.2 Å². The molecule has 11 heteroatoms. The maximum atomic E-state index is 12.9. The van der Waals surface area contributed by atoms with Crippen molar-refractivity contribution in [1.29, 1.82) is 0 Å². The number of thioether (sulfide) groups is 1. The number of hydrogen-bond acceptors (Lipinski definition) is 6. The molecule has 4 rings (SSSR count). The van der Waals surface area contributed by atoms with Crippen LogP contribution in [-0.2, 0) is 4.79 Å². The SMILES string of the molecule is O=C(Nc1ccc(Cl)c(Cl)c1)NN1C(=O)/C(=C\c2ccccc2OCCOc2ccccc2)SC1=S. The number of amides is 3. The second-order valence-electron chi connectivity index (χ2n) is 7.26. The van der Waals surface area contributed by atoms with Crippen LogP contribution in [-0.4, -0.2) is 34.5 Å². The van der Waals surface area contributed by atoms with Crippen LogP contribution in [0.4, 0.5) is 10.5 Å². The number of para-hydroxylation sites is 2. The van der Waals surface area contributed by atoms with Crippen LogP contribution in [0.3, 0.4) is 0 Å². The Morgan fingerprint density at radius 3 is 2.47 bits per heavy atom. The summed E-state index contributed by atoms with van der Waals surface area (Å²) in [6, 6.07) is 20.7. The maximum absolute atomic E-state index is 12.9. The van der Waals surface area contributed by atoms with E-state index in [2.05, 4.69) is 10.7 Å². The molecule has 3 aromatic carbocycles. The van der Waals surface area contributed by atoms with Gasteiger partial charge in [0.25, 0.3) is 5.91 Å². The van der Waals surface area contributed by atoms with Gasteiger partial charge in [-0.15, -0.1) is 0 Å². The highest BCUT2D eigenvalue weighted by Crippen LogP contribution is 2.33. The average Bonchev–Trinajstić information content (AvgIpc) is 3.13. The van der Waals surface area contributed by atoms with Gasteiger partial charge < -0.3 is 14.8 Å². The van der Waals surface area contributed by atoms with Gasteiger partial charge in [-0.3, -0.25) is 4.79 Å². The average molecular weight is 560 g/mol. The van der Waals surface area contributed by atoms with Crippen LogP contribution in [0.25, 0.3) is 6.08 Å². The number of hydrogen-bond donors (Lipinski definition) is 2. The standard InChI is InChI=1S/C25H19Cl2N3O4S2/c26-19-11-10-17(15-20(19)27)28-24(32)29-30-23(31)22(36-25(30)35)14-16-6-4-5-9-21(16)34-13-12-33-18-7-2-1-3-8-18/h1-11,14-15H,12-13H2,(H2,28,29,32)/b22-14+. The first-order valence-electron chi connectivity index (χ1n) is 10.6. The maximum Gasteiger partial charge on any atom is 0.338 e. The number of benzene rings is 3. The lowest BCUT2D eigenvalue weighted by Crippen LogP contribution is -2.46. The molecule has 0 aliphatic carbocycles. The smallest absolute Gasteiger partial charge is 0.338 e. The van der Waals surface area contributed by atoms with Crippen LogP contribution in [0.5, 0.6) is 11.5 Å². The summed E-state index contributed by atoms with van der Waals surface area (Å²) in [4.78, 5) is 25.7. The molecule has 0 unspecified atom stereocenters. The van der Waals surface area contributed by atoms with E-state index in [0.29, 0.717) is 40.1 Å². The minimum Gasteiger partial charge on any atom is -0.490 e. The van der Waals surface area contributed by atoms with Crippen molar-refractivity contribution in [3.05, 3.63) is 93.3 Å². The highest BCUT2D eigenvalue weighted by atomic mass is 35.5. The molecule has 3 aromatic rings. The van der Waals surface area contributed by atoms with E-state index in [1.807, 2.05) is 48.5 Å². The van der Waals surface area contributed by atoms with Gasteiger partial charge in [-0.2, -0.15) is 5.01 Å². The fourth-order valence-corrected chi connectivity index (χ4v) is 4.57. The molecule has 2 N–H and O–H groups in total. The van der Waals surface area contributed by atoms with Gasteiger partial charge in [0.05, 0.1) is 15.0 Å². The number of halogens is 2. The molecule has 0 atom stereocenters. The third-order valence-corrected chi connectivity index (χ3v) is 6.78. The molecule has 3 amide bonds. The van der Waals surface area contributed by atoms with E-state index >= 15 is 0 Å². The Balaban J connectivity index is 1.37. The van der Waals surface area contributed by atoms with Gasteiger partial charge in [0.2, 0.25) is 0 Å². The molecular weight excluding hydrogens is 541 g/mol. The van der Waals surface area contributed by atoms with E-state index in [-0.39, 0.29) is 9.34 Å². The Hall–Kier alpha value is -3.24. The van der Waals surface area contributed by atoms with Gasteiger partial charge in [0.1, 0.15) is 24.7 Å². The predicted octanol–water partition coefficient (Wildman–Crippen LogP) is 6.39. The van der Waals surface area contributed by atoms with Crippen molar-refractivity contribution < 1.29 is 19.1 Å². The van der Waals surface area contributed by atoms with Crippen molar-refractivity contribution in [3.63, 3.8) is 0 Å². The van der Waals surface area contributed by atoms with Crippen LogP contribution in [0.15, 0.2) is 77.7 Å². The molecule has 7 nitrogen and oxygen atoms in total. The van der Waals surface area contributed by atoms with Crippen molar-refractivity contribution in [2.75, 3.05) is 18.5 Å². The third kappa shape index (κ3) is 6.70. The van der Waals surface area contributed by atoms with Gasteiger partial charge in [-0.05, 0) is 54.7 Å². The quantitative estimate of drug-likeness (QED) is 0.189. The largest absolute Gasteiger partial charge is 0.490 e. The fourth-order valence-electron chi connectivity index (χ4n) is 3.10. The summed E-state index contributed by atoms with van der Waals surface area (Å²) in [5.74, 6) is 0.884. The first kappa shape index (κ1) is 25.8. The van der Waals surface area contributed by atoms with Crippen molar-refractivity contribution in [2.45, 2.75) is 0 Å². The van der Waals surface area contributed by atoms with E-state index < -0.39 is 11.9 Å². The minimum absolute atomic E-state index is 0.185. The molecule has 1 fully saturated rings. The Kier molecular flexibility index (Phi) is 8.71. The molecule has 0 aromatic heterocycles. The zero-order valence-electron chi connectivity index (χ0n) is 18.6. The number of hydrazine groups is 1. The summed E-state index contributed by atoms with van der Waals surface area (Å²) in [6.07, 6.45) is 1.67. The highest BCUT2D eigenvalue weighted by Gasteiger charge is 2.34. The second-order valence-corrected chi connectivity index (χ2v) is 9.75. The summed E-state index contributed by atoms with van der Waals surface area (Å²) < 4.78 is 11.7. The molecule has 1 heterocycles. The molecule has 184 valence electrons. The third-order valence-electron chi connectivity index (χ3n) is 4.74. The van der Waals surface area contributed by atoms with Gasteiger partial charge >= 0.3 is 6.03 Å². The molecule has 0 radical (unpaired) electrons. The number of carbonyl (C=O) groups excluding carboxylic acids is 2. The van der Waals surface area contributed by atoms with Gasteiger partial charge in [0.15, 0.2) is 4.32 Å². The molecular formula is C25H19Cl2N3O4S2. The molecule has 0 bridgehead atoms. The normalized spacial score (nSPS) is 14.2. The van der Waals surface area contributed by atoms with E-state index in [0.717, 1.165) is 22.5 Å². The number of urea groups is 1. The second kappa shape index (κ2) is 12.1. The number of nitrogens with one attached hydrogen (secondary N) is 2. The summed E-state index contributed by atoms with van der Waals surface area (Å²) in [5.41, 5.74) is 3.56. The molecule has 36 heavy (non-hydrogen) atoms. The number of ether oxygens (including phenoxy) is 2. The van der Waals surface area contributed by atoms with Crippen LogP contribution < -0.4 is 20.2 Å². The topological polar surface area (TPSA) is 79.9 Å². The summed E-state index contributed by atoms with van der Waals surface area (Å²) in [5, 5.41) is 4.24. The van der Waals surface area contributed by atoms with E-state index in [4.69, 9.17) is 44.9 Å². The van der Waals surface area contributed by atoms with Crippen molar-refractivity contribution in [2.24, 2.45) is 0 Å². The lowest BCUT2D eigenvalue weighted by atomic mass is 10.2. The molecule has 0 spiro atoms. The Labute approximate surface area is 227 Å². The Bertz CT molecular complexity index is 1320. The molecule has 1 aliphatic heterocycles. The summed E-state index contributed by atoms with van der Waals surface area (Å²) in [6.45, 7) is 0.676. The summed E-state index contributed by atoms with van der Waals surface area (Å²) in [7, 11) is 0. The summed E-state index contributed by atoms with van der Waals surface area (Å²) >= 11 is 18.2. The highest BCUT2D eigenvalue weighted by molar-refractivity contribution is 8.26. The number of carbonyl (C=O) groups is 2. The van der Waals surface area contributed by atoms with E-state index in [1.165, 1.54) is 6.07 Å². The van der Waals surface area contributed by atoms with E-state index in [1.54, 1.807) is 24.3 Å². The molecule has 1 saturated heterocycles. The van der Waals surface area contributed by atoms with Gasteiger partial charge in [-0.1, -0.05) is 71.4 Å². The lowest BCUT2D eigenvalue weighted by molar-refractivity contribution is -0.123. The van der Waals surface area contributed by atoms with Crippen molar-refractivity contribution in [3.8, 4) is 11.5 Å².